The molecule has 1 aromatic carbocycles. The number of alkyl carbamates (subject to hydrolysis) is 1. The molecule has 1 heterocycles. The zero-order valence-electron chi connectivity index (χ0n) is 14.1. The number of ether oxygens (including phenoxy) is 1. The van der Waals surface area contributed by atoms with Gasteiger partial charge >= 0.3 is 6.09 Å². The molecule has 1 aliphatic rings. The maximum absolute atomic E-state index is 11.9. The molecule has 2 atom stereocenters. The van der Waals surface area contributed by atoms with E-state index in [1.165, 1.54) is 5.56 Å². The van der Waals surface area contributed by atoms with Gasteiger partial charge in [-0.3, -0.25) is 4.90 Å². The molecule has 2 rings (SSSR count). The lowest BCUT2D eigenvalue weighted by Crippen LogP contribution is -2.50. The second-order valence-electron chi connectivity index (χ2n) is 7.36. The van der Waals surface area contributed by atoms with Crippen molar-refractivity contribution in [2.24, 2.45) is 5.92 Å². The van der Waals surface area contributed by atoms with Gasteiger partial charge in [-0.1, -0.05) is 37.3 Å². The number of nitrogens with zero attached hydrogens (tertiary/aromatic N) is 1. The second kappa shape index (κ2) is 7.14. The topological polar surface area (TPSA) is 41.6 Å². The molecule has 0 saturated carbocycles. The molecule has 122 valence electrons. The predicted molar refractivity (Wildman–Crippen MR) is 88.7 cm³/mol. The molecule has 1 N–H and O–H groups in total. The largest absolute Gasteiger partial charge is 0.444 e. The maximum atomic E-state index is 11.9. The quantitative estimate of drug-likeness (QED) is 0.930. The number of nitrogens with one attached hydrogen (secondary N) is 1. The molecule has 1 amide bonds. The number of amides is 1. The van der Waals surface area contributed by atoms with E-state index in [0.717, 1.165) is 26.1 Å². The summed E-state index contributed by atoms with van der Waals surface area (Å²) in [5.41, 5.74) is 0.862. The van der Waals surface area contributed by atoms with Gasteiger partial charge in [0.15, 0.2) is 0 Å². The summed E-state index contributed by atoms with van der Waals surface area (Å²) in [6, 6.07) is 10.6. The Bertz CT molecular complexity index is 482. The van der Waals surface area contributed by atoms with Gasteiger partial charge in [0.2, 0.25) is 0 Å². The molecule has 22 heavy (non-hydrogen) atoms. The van der Waals surface area contributed by atoms with Crippen LogP contribution in [-0.2, 0) is 11.3 Å². The van der Waals surface area contributed by atoms with Crippen molar-refractivity contribution in [3.8, 4) is 0 Å². The average Bonchev–Trinajstić information content (AvgIpc) is 2.36. The fourth-order valence-corrected chi connectivity index (χ4v) is 3.01. The Balaban J connectivity index is 1.89. The van der Waals surface area contributed by atoms with Crippen LogP contribution < -0.4 is 5.32 Å². The molecule has 4 heteroatoms. The van der Waals surface area contributed by atoms with Crippen molar-refractivity contribution < 1.29 is 9.53 Å². The second-order valence-corrected chi connectivity index (χ2v) is 7.36. The lowest BCUT2D eigenvalue weighted by molar-refractivity contribution is 0.0450. The van der Waals surface area contributed by atoms with Crippen molar-refractivity contribution >= 4 is 6.09 Å². The SMILES string of the molecule is C[C@@H]1C[C@@H](NC(=O)OC(C)(C)C)CN(Cc2ccccc2)C1. The highest BCUT2D eigenvalue weighted by molar-refractivity contribution is 5.68. The van der Waals surface area contributed by atoms with E-state index in [9.17, 15) is 4.79 Å². The van der Waals surface area contributed by atoms with Crippen molar-refractivity contribution in [2.45, 2.75) is 52.3 Å². The summed E-state index contributed by atoms with van der Waals surface area (Å²) in [5.74, 6) is 0.567. The lowest BCUT2D eigenvalue weighted by atomic mass is 9.95. The third-order valence-corrected chi connectivity index (χ3v) is 3.71. The van der Waals surface area contributed by atoms with E-state index in [0.29, 0.717) is 5.92 Å². The summed E-state index contributed by atoms with van der Waals surface area (Å²) in [7, 11) is 0. The van der Waals surface area contributed by atoms with Gasteiger partial charge in [0.05, 0.1) is 0 Å². The van der Waals surface area contributed by atoms with Gasteiger partial charge in [-0.25, -0.2) is 4.79 Å². The van der Waals surface area contributed by atoms with Gasteiger partial charge in [-0.15, -0.1) is 0 Å². The van der Waals surface area contributed by atoms with Gasteiger partial charge in [-0.05, 0) is 38.7 Å². The number of rotatable bonds is 3. The van der Waals surface area contributed by atoms with E-state index in [-0.39, 0.29) is 12.1 Å². The van der Waals surface area contributed by atoms with Crippen molar-refractivity contribution in [3.63, 3.8) is 0 Å². The standard InChI is InChI=1S/C18H28N2O2/c1-14-10-16(19-17(21)22-18(2,3)4)13-20(11-14)12-15-8-6-5-7-9-15/h5-9,14,16H,10-13H2,1-4H3,(H,19,21)/t14-,16-/m1/s1. The summed E-state index contributed by atoms with van der Waals surface area (Å²) in [5, 5.41) is 3.02. The molecule has 0 radical (unpaired) electrons. The number of carbonyl (C=O) groups excluding carboxylic acids is 1. The Hall–Kier alpha value is -1.55. The van der Waals surface area contributed by atoms with E-state index < -0.39 is 5.60 Å². The third-order valence-electron chi connectivity index (χ3n) is 3.71. The van der Waals surface area contributed by atoms with E-state index >= 15 is 0 Å². The number of benzene rings is 1. The molecule has 1 saturated heterocycles. The molecule has 0 aliphatic carbocycles. The molecule has 1 fully saturated rings. The zero-order valence-corrected chi connectivity index (χ0v) is 14.1. The predicted octanol–water partition coefficient (Wildman–Crippen LogP) is 3.42. The Morgan fingerprint density at radius 1 is 1.27 bits per heavy atom. The van der Waals surface area contributed by atoms with Crippen LogP contribution in [0.3, 0.4) is 0 Å². The highest BCUT2D eigenvalue weighted by atomic mass is 16.6. The summed E-state index contributed by atoms with van der Waals surface area (Å²) in [6.07, 6.45) is 0.691. The fourth-order valence-electron chi connectivity index (χ4n) is 3.01. The van der Waals surface area contributed by atoms with Crippen molar-refractivity contribution in [1.82, 2.24) is 10.2 Å². The molecule has 1 aromatic rings. The molecule has 0 unspecified atom stereocenters. The van der Waals surface area contributed by atoms with Gasteiger partial charge in [0, 0.05) is 25.7 Å². The smallest absolute Gasteiger partial charge is 0.407 e. The number of hydrogen-bond acceptors (Lipinski definition) is 3. The summed E-state index contributed by atoms with van der Waals surface area (Å²) < 4.78 is 5.36. The average molecular weight is 304 g/mol. The summed E-state index contributed by atoms with van der Waals surface area (Å²) in [4.78, 5) is 14.4. The molecule has 0 aromatic heterocycles. The van der Waals surface area contributed by atoms with E-state index in [4.69, 9.17) is 4.74 Å². The van der Waals surface area contributed by atoms with Gasteiger partial charge in [0.25, 0.3) is 0 Å². The first-order chi connectivity index (χ1) is 10.3. The van der Waals surface area contributed by atoms with Crippen LogP contribution in [0.5, 0.6) is 0 Å². The first kappa shape index (κ1) is 16.8. The fraction of sp³-hybridized carbons (Fsp3) is 0.611. The van der Waals surface area contributed by atoms with Crippen LogP contribution in [0, 0.1) is 5.92 Å². The minimum Gasteiger partial charge on any atom is -0.444 e. The molecular weight excluding hydrogens is 276 g/mol. The first-order valence-corrected chi connectivity index (χ1v) is 8.07. The third kappa shape index (κ3) is 5.68. The van der Waals surface area contributed by atoms with E-state index in [1.807, 2.05) is 26.8 Å². The Morgan fingerprint density at radius 2 is 1.95 bits per heavy atom. The van der Waals surface area contributed by atoms with Crippen LogP contribution in [0.15, 0.2) is 30.3 Å². The van der Waals surface area contributed by atoms with Crippen LogP contribution in [0.4, 0.5) is 4.79 Å². The molecule has 1 aliphatic heterocycles. The highest BCUT2D eigenvalue weighted by Crippen LogP contribution is 2.19. The van der Waals surface area contributed by atoms with Gasteiger partial charge < -0.3 is 10.1 Å². The summed E-state index contributed by atoms with van der Waals surface area (Å²) in [6.45, 7) is 10.8. The zero-order chi connectivity index (χ0) is 16.2. The first-order valence-electron chi connectivity index (χ1n) is 8.07. The maximum Gasteiger partial charge on any atom is 0.407 e. The Kier molecular flexibility index (Phi) is 5.46. The summed E-state index contributed by atoms with van der Waals surface area (Å²) >= 11 is 0. The van der Waals surface area contributed by atoms with Gasteiger partial charge in [0.1, 0.15) is 5.60 Å². The number of likely N-dealkylation sites (tertiary alicyclic amines) is 1. The molecular formula is C18H28N2O2. The number of carbonyl (C=O) groups is 1. The lowest BCUT2D eigenvalue weighted by Gasteiger charge is -2.37. The van der Waals surface area contributed by atoms with Crippen LogP contribution in [-0.4, -0.2) is 35.7 Å². The monoisotopic (exact) mass is 304 g/mol. The Labute approximate surface area is 133 Å². The Morgan fingerprint density at radius 3 is 2.59 bits per heavy atom. The van der Waals surface area contributed by atoms with E-state index in [1.54, 1.807) is 0 Å². The highest BCUT2D eigenvalue weighted by Gasteiger charge is 2.27. The minimum absolute atomic E-state index is 0.155. The molecule has 4 nitrogen and oxygen atoms in total. The van der Waals surface area contributed by atoms with Crippen molar-refractivity contribution in [3.05, 3.63) is 35.9 Å². The van der Waals surface area contributed by atoms with Crippen LogP contribution in [0.25, 0.3) is 0 Å². The minimum atomic E-state index is -0.450. The molecule has 0 bridgehead atoms. The van der Waals surface area contributed by atoms with Crippen molar-refractivity contribution in [1.29, 1.82) is 0 Å². The van der Waals surface area contributed by atoms with Crippen LogP contribution in [0.1, 0.15) is 39.7 Å². The van der Waals surface area contributed by atoms with E-state index in [2.05, 4.69) is 41.4 Å². The van der Waals surface area contributed by atoms with Crippen LogP contribution in [0.2, 0.25) is 0 Å². The van der Waals surface area contributed by atoms with Gasteiger partial charge in [-0.2, -0.15) is 0 Å². The molecule has 0 spiro atoms. The van der Waals surface area contributed by atoms with Crippen molar-refractivity contribution in [2.75, 3.05) is 13.1 Å². The van der Waals surface area contributed by atoms with Crippen LogP contribution >= 0.6 is 0 Å². The number of hydrogen-bond donors (Lipinski definition) is 1. The normalized spacial score (nSPS) is 23.1. The number of piperidine rings is 1.